The highest BCUT2D eigenvalue weighted by molar-refractivity contribution is 5.92. The van der Waals surface area contributed by atoms with Gasteiger partial charge in [-0.05, 0) is 48.5 Å². The first-order chi connectivity index (χ1) is 13.1. The first-order valence-corrected chi connectivity index (χ1v) is 8.97. The molecule has 0 saturated carbocycles. The predicted octanol–water partition coefficient (Wildman–Crippen LogP) is 5.13. The van der Waals surface area contributed by atoms with E-state index in [1.165, 1.54) is 0 Å². The number of fused-ring (bicyclic) bond motifs is 1. The van der Waals surface area contributed by atoms with Crippen molar-refractivity contribution >= 4 is 28.1 Å². The second-order valence-electron chi connectivity index (χ2n) is 6.72. The maximum absolute atomic E-state index is 4.92. The summed E-state index contributed by atoms with van der Waals surface area (Å²) in [5, 5.41) is 1.04. The zero-order valence-electron chi connectivity index (χ0n) is 15.8. The topological polar surface area (TPSA) is 32.3 Å². The highest BCUT2D eigenvalue weighted by Crippen LogP contribution is 2.31. The summed E-state index contributed by atoms with van der Waals surface area (Å²) in [6.45, 7) is 0. The molecule has 4 heteroatoms. The number of hydrogen-bond acceptors (Lipinski definition) is 4. The molecule has 4 rings (SSSR count). The van der Waals surface area contributed by atoms with E-state index in [4.69, 9.17) is 9.97 Å². The average Bonchev–Trinajstić information content (AvgIpc) is 2.73. The molecule has 0 fully saturated rings. The van der Waals surface area contributed by atoms with Gasteiger partial charge >= 0.3 is 0 Å². The van der Waals surface area contributed by atoms with Crippen LogP contribution in [0, 0.1) is 0 Å². The SMILES string of the molecule is CN(C)c1ccc(-c2nc(N(C)c3ccccc3)c3ccccc3n2)cc1. The van der Waals surface area contributed by atoms with Crippen LogP contribution in [0.1, 0.15) is 0 Å². The Morgan fingerprint density at radius 1 is 0.630 bits per heavy atom. The third kappa shape index (κ3) is 3.34. The van der Waals surface area contributed by atoms with Crippen LogP contribution in [-0.2, 0) is 0 Å². The molecular formula is C23H22N4. The molecule has 134 valence electrons. The molecule has 4 aromatic rings. The highest BCUT2D eigenvalue weighted by atomic mass is 15.2. The van der Waals surface area contributed by atoms with Gasteiger partial charge in [0, 0.05) is 43.5 Å². The maximum Gasteiger partial charge on any atom is 0.162 e. The molecule has 27 heavy (non-hydrogen) atoms. The van der Waals surface area contributed by atoms with Gasteiger partial charge in [-0.1, -0.05) is 30.3 Å². The summed E-state index contributed by atoms with van der Waals surface area (Å²) in [7, 11) is 6.12. The fourth-order valence-electron chi connectivity index (χ4n) is 3.13. The Morgan fingerprint density at radius 3 is 2.00 bits per heavy atom. The Balaban J connectivity index is 1.86. The summed E-state index contributed by atoms with van der Waals surface area (Å²) in [5.74, 6) is 1.63. The molecule has 0 atom stereocenters. The summed E-state index contributed by atoms with van der Waals surface area (Å²) in [6.07, 6.45) is 0. The number of para-hydroxylation sites is 2. The average molecular weight is 354 g/mol. The monoisotopic (exact) mass is 354 g/mol. The molecular weight excluding hydrogens is 332 g/mol. The smallest absolute Gasteiger partial charge is 0.162 e. The van der Waals surface area contributed by atoms with E-state index < -0.39 is 0 Å². The van der Waals surface area contributed by atoms with Gasteiger partial charge in [-0.15, -0.1) is 0 Å². The van der Waals surface area contributed by atoms with Crippen molar-refractivity contribution in [2.24, 2.45) is 0 Å². The molecule has 0 aliphatic rings. The molecule has 3 aromatic carbocycles. The van der Waals surface area contributed by atoms with Crippen LogP contribution >= 0.6 is 0 Å². The van der Waals surface area contributed by atoms with Gasteiger partial charge in [-0.3, -0.25) is 0 Å². The number of anilines is 3. The third-order valence-corrected chi connectivity index (χ3v) is 4.69. The first kappa shape index (κ1) is 17.0. The van der Waals surface area contributed by atoms with E-state index in [0.717, 1.165) is 39.5 Å². The minimum Gasteiger partial charge on any atom is -0.378 e. The lowest BCUT2D eigenvalue weighted by Crippen LogP contribution is -2.12. The minimum absolute atomic E-state index is 0.733. The summed E-state index contributed by atoms with van der Waals surface area (Å²) in [5.41, 5.74) is 4.20. The number of hydrogen-bond donors (Lipinski definition) is 0. The van der Waals surface area contributed by atoms with Crippen molar-refractivity contribution in [2.45, 2.75) is 0 Å². The lowest BCUT2D eigenvalue weighted by molar-refractivity contribution is 1.11. The van der Waals surface area contributed by atoms with Crippen LogP contribution in [0.4, 0.5) is 17.2 Å². The van der Waals surface area contributed by atoms with Crippen molar-refractivity contribution in [3.63, 3.8) is 0 Å². The van der Waals surface area contributed by atoms with Crippen LogP contribution in [-0.4, -0.2) is 31.1 Å². The molecule has 0 radical (unpaired) electrons. The van der Waals surface area contributed by atoms with Gasteiger partial charge in [0.1, 0.15) is 5.82 Å². The van der Waals surface area contributed by atoms with Crippen LogP contribution in [0.3, 0.4) is 0 Å². The zero-order chi connectivity index (χ0) is 18.8. The van der Waals surface area contributed by atoms with E-state index in [1.807, 2.05) is 57.5 Å². The Labute approximate surface area is 159 Å². The van der Waals surface area contributed by atoms with Crippen molar-refractivity contribution < 1.29 is 0 Å². The number of rotatable bonds is 4. The van der Waals surface area contributed by atoms with Crippen molar-refractivity contribution in [2.75, 3.05) is 30.9 Å². The van der Waals surface area contributed by atoms with E-state index in [-0.39, 0.29) is 0 Å². The van der Waals surface area contributed by atoms with Crippen LogP contribution in [0.15, 0.2) is 78.9 Å². The fourth-order valence-corrected chi connectivity index (χ4v) is 3.13. The Bertz CT molecular complexity index is 1060. The second-order valence-corrected chi connectivity index (χ2v) is 6.72. The van der Waals surface area contributed by atoms with E-state index in [1.54, 1.807) is 0 Å². The molecule has 1 heterocycles. The van der Waals surface area contributed by atoms with Gasteiger partial charge in [0.05, 0.1) is 5.52 Å². The zero-order valence-corrected chi connectivity index (χ0v) is 15.8. The van der Waals surface area contributed by atoms with Crippen LogP contribution < -0.4 is 9.80 Å². The molecule has 0 spiro atoms. The number of aromatic nitrogens is 2. The highest BCUT2D eigenvalue weighted by Gasteiger charge is 2.14. The van der Waals surface area contributed by atoms with Crippen molar-refractivity contribution in [1.82, 2.24) is 9.97 Å². The van der Waals surface area contributed by atoms with E-state index in [2.05, 4.69) is 52.3 Å². The van der Waals surface area contributed by atoms with Crippen molar-refractivity contribution in [1.29, 1.82) is 0 Å². The van der Waals surface area contributed by atoms with Gasteiger partial charge in [-0.25, -0.2) is 9.97 Å². The van der Waals surface area contributed by atoms with Crippen LogP contribution in [0.5, 0.6) is 0 Å². The second kappa shape index (κ2) is 7.08. The van der Waals surface area contributed by atoms with Gasteiger partial charge < -0.3 is 9.80 Å². The molecule has 0 N–H and O–H groups in total. The Hall–Kier alpha value is -3.40. The Morgan fingerprint density at radius 2 is 1.30 bits per heavy atom. The van der Waals surface area contributed by atoms with Gasteiger partial charge in [0.15, 0.2) is 5.82 Å². The summed E-state index contributed by atoms with van der Waals surface area (Å²) in [4.78, 5) is 13.9. The van der Waals surface area contributed by atoms with Crippen molar-refractivity contribution in [3.05, 3.63) is 78.9 Å². The fraction of sp³-hybridized carbons (Fsp3) is 0.130. The normalized spacial score (nSPS) is 10.8. The number of nitrogens with zero attached hydrogens (tertiary/aromatic N) is 4. The quantitative estimate of drug-likeness (QED) is 0.508. The molecule has 0 amide bonds. The summed E-state index contributed by atoms with van der Waals surface area (Å²) in [6, 6.07) is 26.8. The van der Waals surface area contributed by atoms with E-state index in [0.29, 0.717) is 0 Å². The summed E-state index contributed by atoms with van der Waals surface area (Å²) >= 11 is 0. The van der Waals surface area contributed by atoms with Crippen LogP contribution in [0.2, 0.25) is 0 Å². The molecule has 0 unspecified atom stereocenters. The number of benzene rings is 3. The summed E-state index contributed by atoms with van der Waals surface area (Å²) < 4.78 is 0. The first-order valence-electron chi connectivity index (χ1n) is 8.97. The van der Waals surface area contributed by atoms with Crippen LogP contribution in [0.25, 0.3) is 22.3 Å². The molecule has 0 aliphatic heterocycles. The molecule has 0 aliphatic carbocycles. The standard InChI is InChI=1S/C23H22N4/c1-26(2)18-15-13-17(14-16-18)22-24-21-12-8-7-11-20(21)23(25-22)27(3)19-9-5-4-6-10-19/h4-16H,1-3H3. The van der Waals surface area contributed by atoms with E-state index in [9.17, 15) is 0 Å². The third-order valence-electron chi connectivity index (χ3n) is 4.69. The molecule has 0 saturated heterocycles. The van der Waals surface area contributed by atoms with Gasteiger partial charge in [0.2, 0.25) is 0 Å². The predicted molar refractivity (Wildman–Crippen MR) is 114 cm³/mol. The molecule has 0 bridgehead atoms. The lowest BCUT2D eigenvalue weighted by Gasteiger charge is -2.21. The van der Waals surface area contributed by atoms with Gasteiger partial charge in [-0.2, -0.15) is 0 Å². The maximum atomic E-state index is 4.92. The lowest BCUT2D eigenvalue weighted by atomic mass is 10.1. The van der Waals surface area contributed by atoms with E-state index >= 15 is 0 Å². The van der Waals surface area contributed by atoms with Crippen molar-refractivity contribution in [3.8, 4) is 11.4 Å². The minimum atomic E-state index is 0.733. The Kier molecular flexibility index (Phi) is 4.47. The molecule has 1 aromatic heterocycles. The van der Waals surface area contributed by atoms with Gasteiger partial charge in [0.25, 0.3) is 0 Å². The molecule has 4 nitrogen and oxygen atoms in total. The largest absolute Gasteiger partial charge is 0.378 e.